The first-order valence-corrected chi connectivity index (χ1v) is 9.55. The first-order valence-electron chi connectivity index (χ1n) is 7.79. The van der Waals surface area contributed by atoms with Crippen LogP contribution >= 0.6 is 22.7 Å². The second-order valence-electron chi connectivity index (χ2n) is 5.86. The molecule has 4 nitrogen and oxygen atoms in total. The zero-order chi connectivity index (χ0) is 16.5. The van der Waals surface area contributed by atoms with Gasteiger partial charge in [-0.05, 0) is 40.4 Å². The van der Waals surface area contributed by atoms with Crippen molar-refractivity contribution in [3.05, 3.63) is 84.2 Å². The number of nitrogens with zero attached hydrogens (tertiary/aromatic N) is 2. The summed E-state index contributed by atoms with van der Waals surface area (Å²) >= 11 is 3.60. The molecule has 0 N–H and O–H groups in total. The van der Waals surface area contributed by atoms with Gasteiger partial charge in [-0.3, -0.25) is 15.0 Å². The van der Waals surface area contributed by atoms with Crippen molar-refractivity contribution in [3.63, 3.8) is 0 Å². The lowest BCUT2D eigenvalue weighted by molar-refractivity contribution is -0.384. The van der Waals surface area contributed by atoms with E-state index in [0.29, 0.717) is 0 Å². The lowest BCUT2D eigenvalue weighted by atomic mass is 9.97. The van der Waals surface area contributed by atoms with Crippen LogP contribution in [0.4, 0.5) is 5.69 Å². The van der Waals surface area contributed by atoms with Gasteiger partial charge < -0.3 is 0 Å². The van der Waals surface area contributed by atoms with Crippen LogP contribution in [0.25, 0.3) is 0 Å². The molecule has 0 saturated heterocycles. The average molecular weight is 356 g/mol. The molecule has 0 aliphatic carbocycles. The fraction of sp³-hybridized carbons (Fsp3) is 0.222. The van der Waals surface area contributed by atoms with Crippen LogP contribution in [0.2, 0.25) is 0 Å². The molecule has 122 valence electrons. The Balaban J connectivity index is 1.67. The van der Waals surface area contributed by atoms with Crippen molar-refractivity contribution in [1.82, 2.24) is 4.90 Å². The topological polar surface area (TPSA) is 46.4 Å². The van der Waals surface area contributed by atoms with E-state index in [1.54, 1.807) is 29.5 Å². The monoisotopic (exact) mass is 356 g/mol. The fourth-order valence-electron chi connectivity index (χ4n) is 3.32. The Bertz CT molecular complexity index is 858. The van der Waals surface area contributed by atoms with Crippen molar-refractivity contribution >= 4 is 28.4 Å². The molecule has 1 aromatic carbocycles. The first-order chi connectivity index (χ1) is 11.7. The van der Waals surface area contributed by atoms with Crippen LogP contribution in [0, 0.1) is 10.1 Å². The summed E-state index contributed by atoms with van der Waals surface area (Å²) in [7, 11) is 0. The number of nitro benzene ring substituents is 1. The minimum Gasteiger partial charge on any atom is -0.287 e. The van der Waals surface area contributed by atoms with E-state index in [0.717, 1.165) is 25.1 Å². The average Bonchev–Trinajstić information content (AvgIpc) is 3.26. The minimum atomic E-state index is -0.326. The zero-order valence-corrected chi connectivity index (χ0v) is 14.6. The molecule has 4 rings (SSSR count). The van der Waals surface area contributed by atoms with Crippen LogP contribution < -0.4 is 0 Å². The molecule has 24 heavy (non-hydrogen) atoms. The zero-order valence-electron chi connectivity index (χ0n) is 12.9. The molecule has 2 aromatic heterocycles. The van der Waals surface area contributed by atoms with Crippen LogP contribution in [0.3, 0.4) is 0 Å². The molecule has 0 spiro atoms. The van der Waals surface area contributed by atoms with Crippen LogP contribution in [0.1, 0.15) is 26.9 Å². The lowest BCUT2D eigenvalue weighted by Gasteiger charge is -2.35. The number of benzene rings is 1. The number of hydrogen-bond donors (Lipinski definition) is 0. The summed E-state index contributed by atoms with van der Waals surface area (Å²) in [5.41, 5.74) is 2.54. The first kappa shape index (κ1) is 15.5. The Morgan fingerprint density at radius 2 is 2.08 bits per heavy atom. The molecular weight excluding hydrogens is 340 g/mol. The van der Waals surface area contributed by atoms with Gasteiger partial charge in [0, 0.05) is 35.0 Å². The maximum Gasteiger partial charge on any atom is 0.269 e. The van der Waals surface area contributed by atoms with Crippen molar-refractivity contribution < 1.29 is 4.92 Å². The van der Waals surface area contributed by atoms with Gasteiger partial charge in [0.25, 0.3) is 5.69 Å². The highest BCUT2D eigenvalue weighted by atomic mass is 32.1. The van der Waals surface area contributed by atoms with Gasteiger partial charge in [-0.15, -0.1) is 22.7 Å². The number of non-ortho nitro benzene ring substituents is 1. The fourth-order valence-corrected chi connectivity index (χ4v) is 5.10. The van der Waals surface area contributed by atoms with E-state index in [1.807, 2.05) is 17.4 Å². The molecule has 1 aliphatic heterocycles. The Morgan fingerprint density at radius 1 is 1.17 bits per heavy atom. The summed E-state index contributed by atoms with van der Waals surface area (Å²) in [6.07, 6.45) is 1.05. The van der Waals surface area contributed by atoms with Crippen molar-refractivity contribution in [2.45, 2.75) is 19.0 Å². The predicted molar refractivity (Wildman–Crippen MR) is 97.7 cm³/mol. The Hall–Kier alpha value is -2.02. The van der Waals surface area contributed by atoms with E-state index < -0.39 is 0 Å². The molecule has 0 amide bonds. The van der Waals surface area contributed by atoms with Crippen LogP contribution in [-0.4, -0.2) is 16.4 Å². The van der Waals surface area contributed by atoms with E-state index in [9.17, 15) is 10.1 Å². The van der Waals surface area contributed by atoms with E-state index >= 15 is 0 Å². The third-order valence-electron chi connectivity index (χ3n) is 4.39. The molecule has 1 aliphatic rings. The molecule has 0 radical (unpaired) electrons. The van der Waals surface area contributed by atoms with Gasteiger partial charge >= 0.3 is 0 Å². The maximum atomic E-state index is 11.0. The summed E-state index contributed by atoms with van der Waals surface area (Å²) in [4.78, 5) is 15.9. The normalized spacial score (nSPS) is 17.6. The van der Waals surface area contributed by atoms with Gasteiger partial charge in [0.05, 0.1) is 11.0 Å². The highest BCUT2D eigenvalue weighted by Crippen LogP contribution is 2.40. The molecule has 3 aromatic rings. The van der Waals surface area contributed by atoms with E-state index in [2.05, 4.69) is 33.9 Å². The van der Waals surface area contributed by atoms with E-state index in [1.165, 1.54) is 15.3 Å². The molecule has 0 bridgehead atoms. The third-order valence-corrected chi connectivity index (χ3v) is 6.31. The van der Waals surface area contributed by atoms with Crippen molar-refractivity contribution in [2.75, 3.05) is 6.54 Å². The molecule has 0 fully saturated rings. The summed E-state index contributed by atoms with van der Waals surface area (Å²) in [5.74, 6) is 0. The van der Waals surface area contributed by atoms with Gasteiger partial charge in [0.1, 0.15) is 0 Å². The number of hydrogen-bond acceptors (Lipinski definition) is 5. The van der Waals surface area contributed by atoms with Crippen molar-refractivity contribution in [3.8, 4) is 0 Å². The van der Waals surface area contributed by atoms with E-state index in [-0.39, 0.29) is 16.7 Å². The van der Waals surface area contributed by atoms with Gasteiger partial charge in [-0.2, -0.15) is 0 Å². The number of nitro groups is 1. The molecule has 0 saturated carbocycles. The summed E-state index contributed by atoms with van der Waals surface area (Å²) in [6, 6.07) is 13.7. The summed E-state index contributed by atoms with van der Waals surface area (Å²) in [5, 5.41) is 15.3. The van der Waals surface area contributed by atoms with Crippen molar-refractivity contribution in [2.24, 2.45) is 0 Å². The van der Waals surface area contributed by atoms with Gasteiger partial charge in [0.15, 0.2) is 0 Å². The van der Waals surface area contributed by atoms with Gasteiger partial charge in [-0.25, -0.2) is 0 Å². The Morgan fingerprint density at radius 3 is 2.88 bits per heavy atom. The Kier molecular flexibility index (Phi) is 4.18. The van der Waals surface area contributed by atoms with Gasteiger partial charge in [-0.1, -0.05) is 18.2 Å². The smallest absolute Gasteiger partial charge is 0.269 e. The third kappa shape index (κ3) is 2.88. The SMILES string of the molecule is O=[N+]([O-])c1cccc(CN2CCc3sccc3C2c2cccs2)c1. The molecule has 1 atom stereocenters. The van der Waals surface area contributed by atoms with Crippen LogP contribution in [0.15, 0.2) is 53.2 Å². The molecule has 3 heterocycles. The van der Waals surface area contributed by atoms with Crippen LogP contribution in [0.5, 0.6) is 0 Å². The van der Waals surface area contributed by atoms with Crippen molar-refractivity contribution in [1.29, 1.82) is 0 Å². The number of rotatable bonds is 4. The molecule has 6 heteroatoms. The predicted octanol–water partition coefficient (Wildman–Crippen LogP) is 4.87. The van der Waals surface area contributed by atoms with Gasteiger partial charge in [0.2, 0.25) is 0 Å². The number of thiophene rings is 2. The quantitative estimate of drug-likeness (QED) is 0.495. The number of fused-ring (bicyclic) bond motifs is 1. The second kappa shape index (κ2) is 6.47. The molecular formula is C18H16N2O2S2. The highest BCUT2D eigenvalue weighted by Gasteiger charge is 2.30. The molecule has 1 unspecified atom stereocenters. The summed E-state index contributed by atoms with van der Waals surface area (Å²) in [6.45, 7) is 1.69. The Labute approximate surface area is 148 Å². The standard InChI is InChI=1S/C18H16N2O2S2/c21-20(22)14-4-1-3-13(11-14)12-19-8-6-16-15(7-10-24-16)18(19)17-5-2-9-23-17/h1-5,7,9-11,18H,6,8,12H2. The maximum absolute atomic E-state index is 11.0. The second-order valence-corrected chi connectivity index (χ2v) is 7.84. The largest absolute Gasteiger partial charge is 0.287 e. The lowest BCUT2D eigenvalue weighted by Crippen LogP contribution is -2.34. The highest BCUT2D eigenvalue weighted by molar-refractivity contribution is 7.10. The summed E-state index contributed by atoms with van der Waals surface area (Å²) < 4.78 is 0. The van der Waals surface area contributed by atoms with Crippen LogP contribution in [-0.2, 0) is 13.0 Å². The van der Waals surface area contributed by atoms with E-state index in [4.69, 9.17) is 0 Å². The minimum absolute atomic E-state index is 0.161.